The van der Waals surface area contributed by atoms with Crippen LogP contribution in [-0.4, -0.2) is 38.0 Å². The molecule has 20 heavy (non-hydrogen) atoms. The molecule has 1 aromatic heterocycles. The van der Waals surface area contributed by atoms with E-state index in [1.54, 1.807) is 0 Å². The molecule has 0 radical (unpaired) electrons. The maximum Gasteiger partial charge on any atom is 0.346 e. The first-order valence-corrected chi connectivity index (χ1v) is 6.48. The molecule has 2 unspecified atom stereocenters. The highest BCUT2D eigenvalue weighted by atomic mass is 16.4. The van der Waals surface area contributed by atoms with E-state index in [9.17, 15) is 19.5 Å². The molecule has 0 saturated carbocycles. The first-order valence-electron chi connectivity index (χ1n) is 6.48. The van der Waals surface area contributed by atoms with Crippen molar-refractivity contribution in [3.05, 3.63) is 20.8 Å². The van der Waals surface area contributed by atoms with Crippen molar-refractivity contribution in [3.8, 4) is 0 Å². The Kier molecular flexibility index (Phi) is 3.65. The Morgan fingerprint density at radius 1 is 1.35 bits per heavy atom. The number of piperidine rings is 1. The topological polar surface area (TPSA) is 97.4 Å². The summed E-state index contributed by atoms with van der Waals surface area (Å²) >= 11 is 0. The van der Waals surface area contributed by atoms with Gasteiger partial charge in [-0.3, -0.25) is 9.36 Å². The first-order chi connectivity index (χ1) is 9.34. The van der Waals surface area contributed by atoms with Crippen LogP contribution in [0, 0.1) is 5.92 Å². The highest BCUT2D eigenvalue weighted by Gasteiger charge is 2.36. The van der Waals surface area contributed by atoms with Gasteiger partial charge in [0, 0.05) is 20.6 Å². The monoisotopic (exact) mass is 282 g/mol. The second kappa shape index (κ2) is 5.10. The Labute approximate surface area is 115 Å². The molecule has 0 aliphatic carbocycles. The second-order valence-electron chi connectivity index (χ2n) is 5.19. The van der Waals surface area contributed by atoms with Gasteiger partial charge in [-0.05, 0) is 18.8 Å². The van der Waals surface area contributed by atoms with Crippen molar-refractivity contribution in [3.63, 3.8) is 0 Å². The summed E-state index contributed by atoms with van der Waals surface area (Å²) in [5, 5.41) is 13.3. The van der Waals surface area contributed by atoms with Crippen molar-refractivity contribution in [1.29, 1.82) is 0 Å². The van der Waals surface area contributed by atoms with Crippen molar-refractivity contribution in [1.82, 2.24) is 14.3 Å². The Bertz CT molecular complexity index is 648. The lowest BCUT2D eigenvalue weighted by Gasteiger charge is -2.37. The fourth-order valence-corrected chi connectivity index (χ4v) is 2.66. The Morgan fingerprint density at radius 3 is 2.60 bits per heavy atom. The van der Waals surface area contributed by atoms with Crippen LogP contribution >= 0.6 is 0 Å². The van der Waals surface area contributed by atoms with Gasteiger partial charge in [0.05, 0.1) is 0 Å². The molecular formula is C12H18N4O4. The summed E-state index contributed by atoms with van der Waals surface area (Å²) in [5.74, 6) is -1.03. The van der Waals surface area contributed by atoms with Crippen LogP contribution in [0.3, 0.4) is 0 Å². The summed E-state index contributed by atoms with van der Waals surface area (Å²) in [6, 6.07) is -0.790. The number of nitrogens with zero attached hydrogens (tertiary/aromatic N) is 4. The number of aromatic nitrogens is 3. The van der Waals surface area contributed by atoms with Crippen molar-refractivity contribution < 1.29 is 9.90 Å². The molecule has 8 nitrogen and oxygen atoms in total. The predicted octanol–water partition coefficient (Wildman–Crippen LogP) is -0.831. The summed E-state index contributed by atoms with van der Waals surface area (Å²) in [5.41, 5.74) is -1.09. The molecule has 1 fully saturated rings. The van der Waals surface area contributed by atoms with Crippen LogP contribution in [0.1, 0.15) is 19.8 Å². The van der Waals surface area contributed by atoms with Crippen LogP contribution in [0.25, 0.3) is 0 Å². The van der Waals surface area contributed by atoms with Crippen LogP contribution in [-0.2, 0) is 18.9 Å². The largest absolute Gasteiger partial charge is 0.480 e. The molecular weight excluding hydrogens is 264 g/mol. The smallest absolute Gasteiger partial charge is 0.346 e. The summed E-state index contributed by atoms with van der Waals surface area (Å²) in [4.78, 5) is 36.7. The normalized spacial score (nSPS) is 22.9. The third-order valence-electron chi connectivity index (χ3n) is 3.76. The van der Waals surface area contributed by atoms with E-state index < -0.39 is 23.3 Å². The van der Waals surface area contributed by atoms with Crippen LogP contribution in [0.2, 0.25) is 0 Å². The van der Waals surface area contributed by atoms with E-state index >= 15 is 0 Å². The number of carboxylic acids is 1. The highest BCUT2D eigenvalue weighted by Crippen LogP contribution is 2.25. The number of hydrogen-bond donors (Lipinski definition) is 1. The minimum atomic E-state index is -0.977. The minimum Gasteiger partial charge on any atom is -0.480 e. The number of hydrogen-bond acceptors (Lipinski definition) is 5. The molecule has 1 aliphatic rings. The van der Waals surface area contributed by atoms with Crippen molar-refractivity contribution in [2.24, 2.45) is 20.0 Å². The van der Waals surface area contributed by atoms with Gasteiger partial charge in [0.2, 0.25) is 5.82 Å². The van der Waals surface area contributed by atoms with Crippen LogP contribution in [0.15, 0.2) is 9.59 Å². The number of rotatable bonds is 2. The maximum absolute atomic E-state index is 12.2. The van der Waals surface area contributed by atoms with Gasteiger partial charge in [-0.2, -0.15) is 0 Å². The van der Waals surface area contributed by atoms with E-state index in [0.717, 1.165) is 22.1 Å². The van der Waals surface area contributed by atoms with Gasteiger partial charge in [-0.15, -0.1) is 5.10 Å². The number of carboxylic acid groups (broad SMARTS) is 1. The van der Waals surface area contributed by atoms with E-state index in [2.05, 4.69) is 5.10 Å². The number of aryl methyl sites for hydroxylation is 1. The first kappa shape index (κ1) is 14.3. The molecule has 2 rings (SSSR count). The van der Waals surface area contributed by atoms with Crippen molar-refractivity contribution >= 4 is 11.8 Å². The van der Waals surface area contributed by atoms with Gasteiger partial charge < -0.3 is 10.0 Å². The van der Waals surface area contributed by atoms with E-state index in [4.69, 9.17) is 0 Å². The van der Waals surface area contributed by atoms with Gasteiger partial charge in [0.1, 0.15) is 6.04 Å². The quantitative estimate of drug-likeness (QED) is 0.760. The molecule has 0 amide bonds. The Morgan fingerprint density at radius 2 is 2.00 bits per heavy atom. The number of anilines is 1. The van der Waals surface area contributed by atoms with Gasteiger partial charge in [-0.25, -0.2) is 14.3 Å². The van der Waals surface area contributed by atoms with E-state index in [-0.39, 0.29) is 11.7 Å². The number of aliphatic carboxylic acids is 1. The summed E-state index contributed by atoms with van der Waals surface area (Å²) < 4.78 is 2.00. The summed E-state index contributed by atoms with van der Waals surface area (Å²) in [6.45, 7) is 2.29. The minimum absolute atomic E-state index is 0.0218. The zero-order valence-electron chi connectivity index (χ0n) is 11.7. The fourth-order valence-electron chi connectivity index (χ4n) is 2.66. The zero-order chi connectivity index (χ0) is 15.0. The molecule has 110 valence electrons. The van der Waals surface area contributed by atoms with Gasteiger partial charge in [-0.1, -0.05) is 6.92 Å². The zero-order valence-corrected chi connectivity index (χ0v) is 11.7. The predicted molar refractivity (Wildman–Crippen MR) is 71.9 cm³/mol. The van der Waals surface area contributed by atoms with E-state index in [1.165, 1.54) is 19.0 Å². The molecule has 1 aromatic rings. The van der Waals surface area contributed by atoms with E-state index in [1.807, 2.05) is 6.92 Å². The third kappa shape index (κ3) is 2.21. The van der Waals surface area contributed by atoms with Crippen LogP contribution in [0.4, 0.5) is 5.82 Å². The molecule has 2 atom stereocenters. The second-order valence-corrected chi connectivity index (χ2v) is 5.19. The highest BCUT2D eigenvalue weighted by molar-refractivity contribution is 5.78. The lowest BCUT2D eigenvalue weighted by Crippen LogP contribution is -2.53. The molecule has 1 aliphatic heterocycles. The lowest BCUT2D eigenvalue weighted by atomic mass is 9.91. The fraction of sp³-hybridized carbons (Fsp3) is 0.667. The Hall–Kier alpha value is -2.12. The third-order valence-corrected chi connectivity index (χ3v) is 3.76. The summed E-state index contributed by atoms with van der Waals surface area (Å²) in [6.07, 6.45) is 1.58. The molecule has 2 heterocycles. The molecule has 0 aromatic carbocycles. The van der Waals surface area contributed by atoms with Crippen LogP contribution < -0.4 is 16.1 Å². The molecule has 0 bridgehead atoms. The average molecular weight is 282 g/mol. The molecule has 8 heteroatoms. The SMILES string of the molecule is CC1CCCN(c2nn(C)c(=O)n(C)c2=O)C1C(=O)O. The standard InChI is InChI=1S/C12H18N4O4/c1-7-5-4-6-16(8(7)11(18)19)9-10(17)14(2)12(20)15(3)13-9/h7-8H,4-6H2,1-3H3,(H,18,19). The summed E-state index contributed by atoms with van der Waals surface area (Å²) in [7, 11) is 2.80. The average Bonchev–Trinajstić information content (AvgIpc) is 2.39. The van der Waals surface area contributed by atoms with Gasteiger partial charge >= 0.3 is 11.7 Å². The molecule has 1 N–H and O–H groups in total. The van der Waals surface area contributed by atoms with Gasteiger partial charge in [0.15, 0.2) is 0 Å². The van der Waals surface area contributed by atoms with Crippen molar-refractivity contribution in [2.45, 2.75) is 25.8 Å². The van der Waals surface area contributed by atoms with Crippen LogP contribution in [0.5, 0.6) is 0 Å². The molecule has 1 saturated heterocycles. The maximum atomic E-state index is 12.2. The molecule has 0 spiro atoms. The van der Waals surface area contributed by atoms with Crippen molar-refractivity contribution in [2.75, 3.05) is 11.4 Å². The van der Waals surface area contributed by atoms with E-state index in [0.29, 0.717) is 6.54 Å². The van der Waals surface area contributed by atoms with Gasteiger partial charge in [0.25, 0.3) is 5.56 Å². The number of carbonyl (C=O) groups is 1. The lowest BCUT2D eigenvalue weighted by molar-refractivity contribution is -0.140. The Balaban J connectivity index is 2.57.